The second-order valence-corrected chi connectivity index (χ2v) is 9.18. The van der Waals surface area contributed by atoms with Crippen LogP contribution in [0.1, 0.15) is 24.4 Å². The zero-order valence-electron chi connectivity index (χ0n) is 17.1. The van der Waals surface area contributed by atoms with Gasteiger partial charge >= 0.3 is 0 Å². The van der Waals surface area contributed by atoms with Crippen molar-refractivity contribution in [1.29, 1.82) is 5.26 Å². The van der Waals surface area contributed by atoms with Gasteiger partial charge in [-0.1, -0.05) is 6.07 Å². The van der Waals surface area contributed by atoms with Crippen LogP contribution in [-0.2, 0) is 9.84 Å². The SMILES string of the molecule is CC(Nc1ncnc(N)c1C#N)c1nc2cc(F)ccc2n1-c1cccc(S(C)(=O)=O)c1. The lowest BCUT2D eigenvalue weighted by atomic mass is 10.2. The van der Waals surface area contributed by atoms with Crippen LogP contribution in [0.2, 0.25) is 0 Å². The summed E-state index contributed by atoms with van der Waals surface area (Å²) in [5.74, 6) is 0.266. The van der Waals surface area contributed by atoms with Crippen LogP contribution in [-0.4, -0.2) is 34.2 Å². The van der Waals surface area contributed by atoms with Crippen molar-refractivity contribution >= 4 is 32.5 Å². The second-order valence-electron chi connectivity index (χ2n) is 7.17. The predicted octanol–water partition coefficient (Wildman–Crippen LogP) is 2.99. The molecule has 2 heterocycles. The Morgan fingerprint density at radius 3 is 2.72 bits per heavy atom. The molecule has 0 saturated heterocycles. The zero-order valence-corrected chi connectivity index (χ0v) is 17.9. The maximum Gasteiger partial charge on any atom is 0.175 e. The van der Waals surface area contributed by atoms with Gasteiger partial charge < -0.3 is 11.1 Å². The Morgan fingerprint density at radius 1 is 1.22 bits per heavy atom. The van der Waals surface area contributed by atoms with Gasteiger partial charge in [0.25, 0.3) is 0 Å². The number of sulfone groups is 1. The van der Waals surface area contributed by atoms with Crippen LogP contribution in [0.3, 0.4) is 0 Å². The number of anilines is 2. The van der Waals surface area contributed by atoms with Gasteiger partial charge in [-0.3, -0.25) is 4.57 Å². The number of fused-ring (bicyclic) bond motifs is 1. The second kappa shape index (κ2) is 7.90. The highest BCUT2D eigenvalue weighted by Gasteiger charge is 2.21. The molecule has 4 rings (SSSR count). The molecule has 2 aromatic heterocycles. The fourth-order valence-corrected chi connectivity index (χ4v) is 4.04. The van der Waals surface area contributed by atoms with E-state index in [4.69, 9.17) is 5.73 Å². The number of aromatic nitrogens is 4. The van der Waals surface area contributed by atoms with Crippen LogP contribution in [0.4, 0.5) is 16.0 Å². The molecule has 3 N–H and O–H groups in total. The topological polar surface area (TPSA) is 140 Å². The van der Waals surface area contributed by atoms with E-state index in [0.717, 1.165) is 6.26 Å². The number of hydrogen-bond donors (Lipinski definition) is 2. The Bertz CT molecular complexity index is 1490. The Labute approximate surface area is 183 Å². The monoisotopic (exact) mass is 451 g/mol. The van der Waals surface area contributed by atoms with E-state index in [-0.39, 0.29) is 22.1 Å². The van der Waals surface area contributed by atoms with Gasteiger partial charge in [-0.25, -0.2) is 27.8 Å². The molecule has 162 valence electrons. The first kappa shape index (κ1) is 21.2. The Morgan fingerprint density at radius 2 is 2.00 bits per heavy atom. The molecule has 1 unspecified atom stereocenters. The largest absolute Gasteiger partial charge is 0.382 e. The molecule has 4 aromatic rings. The third-order valence-corrected chi connectivity index (χ3v) is 5.99. The van der Waals surface area contributed by atoms with Gasteiger partial charge in [0, 0.05) is 18.0 Å². The zero-order chi connectivity index (χ0) is 23.0. The lowest BCUT2D eigenvalue weighted by Gasteiger charge is -2.18. The van der Waals surface area contributed by atoms with Gasteiger partial charge in [0.2, 0.25) is 0 Å². The predicted molar refractivity (Wildman–Crippen MR) is 117 cm³/mol. The summed E-state index contributed by atoms with van der Waals surface area (Å²) in [5, 5.41) is 12.5. The average Bonchev–Trinajstić information content (AvgIpc) is 3.12. The van der Waals surface area contributed by atoms with Gasteiger partial charge in [-0.15, -0.1) is 0 Å². The number of nitrogens with one attached hydrogen (secondary N) is 1. The van der Waals surface area contributed by atoms with E-state index in [1.807, 2.05) is 6.07 Å². The molecule has 0 bridgehead atoms. The van der Waals surface area contributed by atoms with Crippen molar-refractivity contribution in [2.75, 3.05) is 17.3 Å². The number of nitriles is 1. The Hall–Kier alpha value is -4.04. The molecule has 2 aromatic carbocycles. The molecular weight excluding hydrogens is 433 g/mol. The summed E-state index contributed by atoms with van der Waals surface area (Å²) in [6, 6.07) is 12.0. The summed E-state index contributed by atoms with van der Waals surface area (Å²) in [7, 11) is -3.45. The fraction of sp³-hybridized carbons (Fsp3) is 0.143. The molecule has 0 radical (unpaired) electrons. The number of nitrogens with zero attached hydrogens (tertiary/aromatic N) is 5. The van der Waals surface area contributed by atoms with Gasteiger partial charge in [-0.2, -0.15) is 5.26 Å². The molecular formula is C21H18FN7O2S. The fourth-order valence-electron chi connectivity index (χ4n) is 3.38. The van der Waals surface area contributed by atoms with Crippen molar-refractivity contribution in [3.05, 3.63) is 66.0 Å². The maximum atomic E-state index is 13.9. The van der Waals surface area contributed by atoms with Crippen molar-refractivity contribution in [1.82, 2.24) is 19.5 Å². The van der Waals surface area contributed by atoms with Crippen LogP contribution in [0, 0.1) is 17.1 Å². The van der Waals surface area contributed by atoms with Gasteiger partial charge in [0.1, 0.15) is 41.2 Å². The third kappa shape index (κ3) is 3.83. The van der Waals surface area contributed by atoms with E-state index < -0.39 is 21.7 Å². The van der Waals surface area contributed by atoms with Crippen LogP contribution < -0.4 is 11.1 Å². The maximum absolute atomic E-state index is 13.9. The van der Waals surface area contributed by atoms with Crippen LogP contribution in [0.5, 0.6) is 0 Å². The average molecular weight is 451 g/mol. The lowest BCUT2D eigenvalue weighted by Crippen LogP contribution is -2.15. The van der Waals surface area contributed by atoms with Crippen LogP contribution in [0.15, 0.2) is 53.7 Å². The van der Waals surface area contributed by atoms with Crippen LogP contribution >= 0.6 is 0 Å². The molecule has 0 aliphatic rings. The summed E-state index contributed by atoms with van der Waals surface area (Å²) in [5.41, 5.74) is 7.37. The summed E-state index contributed by atoms with van der Waals surface area (Å²) in [4.78, 5) is 12.6. The molecule has 0 aliphatic carbocycles. The molecule has 11 heteroatoms. The standard InChI is InChI=1S/C21H18FN7O2S/c1-12(27-20-16(10-23)19(24)25-11-26-20)21-28-17-8-13(22)6-7-18(17)29(21)14-4-3-5-15(9-14)32(2,30)31/h3-9,11-12H,1-2H3,(H3,24,25,26,27). The number of benzene rings is 2. The summed E-state index contributed by atoms with van der Waals surface area (Å²) in [6.45, 7) is 1.79. The molecule has 0 aliphatic heterocycles. The van der Waals surface area contributed by atoms with Gasteiger partial charge in [0.05, 0.1) is 22.0 Å². The Balaban J connectivity index is 1.89. The van der Waals surface area contributed by atoms with E-state index in [0.29, 0.717) is 22.5 Å². The number of halogens is 1. The smallest absolute Gasteiger partial charge is 0.175 e. The minimum absolute atomic E-state index is 0.0358. The summed E-state index contributed by atoms with van der Waals surface area (Å²) >= 11 is 0. The van der Waals surface area contributed by atoms with E-state index in [1.54, 1.807) is 29.7 Å². The van der Waals surface area contributed by atoms with Crippen molar-refractivity contribution < 1.29 is 12.8 Å². The van der Waals surface area contributed by atoms with Crippen molar-refractivity contribution in [3.8, 4) is 11.8 Å². The van der Waals surface area contributed by atoms with E-state index in [9.17, 15) is 18.1 Å². The summed E-state index contributed by atoms with van der Waals surface area (Å²) < 4.78 is 39.8. The van der Waals surface area contributed by atoms with E-state index >= 15 is 0 Å². The lowest BCUT2D eigenvalue weighted by molar-refractivity contribution is 0.601. The van der Waals surface area contributed by atoms with E-state index in [1.165, 1.54) is 30.6 Å². The number of imidazole rings is 1. The first-order chi connectivity index (χ1) is 15.2. The molecule has 0 amide bonds. The number of hydrogen-bond acceptors (Lipinski definition) is 8. The third-order valence-electron chi connectivity index (χ3n) is 4.88. The molecule has 0 fully saturated rings. The number of rotatable bonds is 5. The first-order valence-electron chi connectivity index (χ1n) is 9.44. The molecule has 32 heavy (non-hydrogen) atoms. The van der Waals surface area contributed by atoms with Gasteiger partial charge in [0.15, 0.2) is 9.84 Å². The quantitative estimate of drug-likeness (QED) is 0.472. The van der Waals surface area contributed by atoms with Crippen molar-refractivity contribution in [2.45, 2.75) is 17.9 Å². The molecule has 9 nitrogen and oxygen atoms in total. The normalized spacial score (nSPS) is 12.4. The molecule has 1 atom stereocenters. The number of nitrogen functional groups attached to an aromatic ring is 1. The van der Waals surface area contributed by atoms with Crippen molar-refractivity contribution in [2.24, 2.45) is 0 Å². The Kier molecular flexibility index (Phi) is 5.23. The molecule has 0 spiro atoms. The van der Waals surface area contributed by atoms with Gasteiger partial charge in [-0.05, 0) is 37.3 Å². The first-order valence-corrected chi connectivity index (χ1v) is 11.3. The highest BCUT2D eigenvalue weighted by Crippen LogP contribution is 2.29. The molecule has 0 saturated carbocycles. The summed E-state index contributed by atoms with van der Waals surface area (Å²) in [6.07, 6.45) is 2.36. The van der Waals surface area contributed by atoms with E-state index in [2.05, 4.69) is 20.3 Å². The highest BCUT2D eigenvalue weighted by molar-refractivity contribution is 7.90. The van der Waals surface area contributed by atoms with Crippen LogP contribution in [0.25, 0.3) is 16.7 Å². The van der Waals surface area contributed by atoms with Crippen molar-refractivity contribution in [3.63, 3.8) is 0 Å². The highest BCUT2D eigenvalue weighted by atomic mass is 32.2. The minimum Gasteiger partial charge on any atom is -0.382 e. The minimum atomic E-state index is -3.45. The number of nitrogens with two attached hydrogens (primary N) is 1.